The van der Waals surface area contributed by atoms with Crippen molar-refractivity contribution in [2.45, 2.75) is 258 Å². The van der Waals surface area contributed by atoms with Gasteiger partial charge < -0.3 is 14.2 Å². The summed E-state index contributed by atoms with van der Waals surface area (Å²) in [5, 5.41) is 0. The largest absolute Gasteiger partial charge is 0.462 e. The van der Waals surface area contributed by atoms with E-state index >= 15 is 0 Å². The highest BCUT2D eigenvalue weighted by Crippen LogP contribution is 2.13. The van der Waals surface area contributed by atoms with Gasteiger partial charge in [0.1, 0.15) is 13.2 Å². The summed E-state index contributed by atoms with van der Waals surface area (Å²) in [6, 6.07) is 0. The molecule has 0 aliphatic rings. The molecule has 0 unspecified atom stereocenters. The van der Waals surface area contributed by atoms with E-state index in [2.05, 4.69) is 81.5 Å². The normalized spacial score (nSPS) is 12.5. The summed E-state index contributed by atoms with van der Waals surface area (Å²) in [6.45, 7) is 6.53. The zero-order valence-corrected chi connectivity index (χ0v) is 40.2. The smallest absolute Gasteiger partial charge is 0.306 e. The molecule has 0 aromatic rings. The van der Waals surface area contributed by atoms with Crippen LogP contribution in [0.15, 0.2) is 60.8 Å². The summed E-state index contributed by atoms with van der Waals surface area (Å²) in [7, 11) is 0. The Labute approximate surface area is 377 Å². The van der Waals surface area contributed by atoms with Crippen LogP contribution in [0.2, 0.25) is 0 Å². The maximum Gasteiger partial charge on any atom is 0.306 e. The number of ether oxygens (including phenoxy) is 3. The Morgan fingerprint density at radius 1 is 0.328 bits per heavy atom. The van der Waals surface area contributed by atoms with Gasteiger partial charge in [0.05, 0.1) is 0 Å². The Morgan fingerprint density at radius 2 is 0.623 bits per heavy atom. The fourth-order valence-electron chi connectivity index (χ4n) is 7.02. The molecule has 0 fully saturated rings. The molecule has 0 aliphatic heterocycles. The highest BCUT2D eigenvalue weighted by Gasteiger charge is 2.19. The van der Waals surface area contributed by atoms with E-state index in [9.17, 15) is 14.4 Å². The Bertz CT molecular complexity index is 1120. The molecule has 0 bridgehead atoms. The molecule has 0 amide bonds. The van der Waals surface area contributed by atoms with E-state index in [1.807, 2.05) is 0 Å². The Hall–Kier alpha value is -2.89. The molecule has 0 heterocycles. The zero-order valence-electron chi connectivity index (χ0n) is 40.2. The molecule has 0 aromatic carbocycles. The summed E-state index contributed by atoms with van der Waals surface area (Å²) >= 11 is 0. The quantitative estimate of drug-likeness (QED) is 0.0263. The molecule has 0 aliphatic carbocycles. The van der Waals surface area contributed by atoms with E-state index in [0.29, 0.717) is 19.3 Å². The van der Waals surface area contributed by atoms with Gasteiger partial charge in [-0.3, -0.25) is 14.4 Å². The standard InChI is InChI=1S/C55H96O6/c1-4-7-10-13-16-19-22-24-26-27-29-30-33-36-39-42-45-48-54(57)60-51-52(50-59-53(56)47-44-41-38-35-32-21-18-15-12-9-6-3)61-55(58)49-46-43-40-37-34-31-28-25-23-20-17-14-11-8-5-2/h15,18,24-26,28-30,36,39,52H,4-14,16-17,19-23,27,31-35,37-38,40-51H2,1-3H3/b18-15-,26-24-,28-25-,30-29-,39-36-/t52-/m0/s1. The minimum absolute atomic E-state index is 0.0975. The molecule has 6 heteroatoms. The van der Waals surface area contributed by atoms with E-state index in [1.54, 1.807) is 0 Å². The monoisotopic (exact) mass is 853 g/mol. The van der Waals surface area contributed by atoms with Crippen LogP contribution in [-0.2, 0) is 28.6 Å². The van der Waals surface area contributed by atoms with E-state index in [4.69, 9.17) is 14.2 Å². The minimum atomic E-state index is -0.800. The molecule has 0 saturated heterocycles. The van der Waals surface area contributed by atoms with Crippen molar-refractivity contribution in [2.24, 2.45) is 0 Å². The Kier molecular flexibility index (Phi) is 47.4. The lowest BCUT2D eigenvalue weighted by Gasteiger charge is -2.18. The lowest BCUT2D eigenvalue weighted by Crippen LogP contribution is -2.30. The molecule has 61 heavy (non-hydrogen) atoms. The first-order valence-corrected chi connectivity index (χ1v) is 25.8. The highest BCUT2D eigenvalue weighted by molar-refractivity contribution is 5.71. The number of hydrogen-bond acceptors (Lipinski definition) is 6. The van der Waals surface area contributed by atoms with Gasteiger partial charge in [-0.25, -0.2) is 0 Å². The molecule has 0 rings (SSSR count). The molecular formula is C55H96O6. The van der Waals surface area contributed by atoms with Crippen molar-refractivity contribution in [1.29, 1.82) is 0 Å². The van der Waals surface area contributed by atoms with Crippen LogP contribution in [-0.4, -0.2) is 37.2 Å². The maximum absolute atomic E-state index is 12.8. The fraction of sp³-hybridized carbons (Fsp3) is 0.764. The van der Waals surface area contributed by atoms with Crippen molar-refractivity contribution in [3.8, 4) is 0 Å². The molecule has 6 nitrogen and oxygen atoms in total. The van der Waals surface area contributed by atoms with E-state index in [-0.39, 0.29) is 37.5 Å². The van der Waals surface area contributed by atoms with Crippen LogP contribution in [0.1, 0.15) is 252 Å². The van der Waals surface area contributed by atoms with Crippen LogP contribution in [0, 0.1) is 0 Å². The third-order valence-corrected chi connectivity index (χ3v) is 11.0. The van der Waals surface area contributed by atoms with Crippen molar-refractivity contribution in [3.05, 3.63) is 60.8 Å². The molecule has 0 saturated carbocycles. The molecule has 0 spiro atoms. The van der Waals surface area contributed by atoms with Crippen LogP contribution < -0.4 is 0 Å². The number of carbonyl (C=O) groups is 3. The van der Waals surface area contributed by atoms with Gasteiger partial charge in [-0.1, -0.05) is 197 Å². The Balaban J connectivity index is 4.46. The summed E-state index contributed by atoms with van der Waals surface area (Å²) in [4.78, 5) is 37.9. The minimum Gasteiger partial charge on any atom is -0.462 e. The third-order valence-electron chi connectivity index (χ3n) is 11.0. The van der Waals surface area contributed by atoms with Crippen LogP contribution in [0.5, 0.6) is 0 Å². The molecule has 0 radical (unpaired) electrons. The zero-order chi connectivity index (χ0) is 44.4. The van der Waals surface area contributed by atoms with Gasteiger partial charge in [0, 0.05) is 19.3 Å². The van der Waals surface area contributed by atoms with Crippen LogP contribution >= 0.6 is 0 Å². The topological polar surface area (TPSA) is 78.9 Å². The number of hydrogen-bond donors (Lipinski definition) is 0. The van der Waals surface area contributed by atoms with E-state index < -0.39 is 6.10 Å². The second-order valence-corrected chi connectivity index (χ2v) is 17.1. The van der Waals surface area contributed by atoms with E-state index in [0.717, 1.165) is 77.0 Å². The SMILES string of the molecule is CCCC/C=C\CCCCCCCC(=O)OC[C@@H](COC(=O)CCC/C=C\C/C=C\C/C=C\CCCCCCCC)OC(=O)CCCCCCC/C=C\CCCCCCCC. The average Bonchev–Trinajstić information content (AvgIpc) is 3.26. The fourth-order valence-corrected chi connectivity index (χ4v) is 7.02. The first kappa shape index (κ1) is 58.1. The molecular weight excluding hydrogens is 757 g/mol. The van der Waals surface area contributed by atoms with Gasteiger partial charge in [-0.15, -0.1) is 0 Å². The predicted molar refractivity (Wildman–Crippen MR) is 261 cm³/mol. The molecule has 0 N–H and O–H groups in total. The Morgan fingerprint density at radius 3 is 1.05 bits per heavy atom. The van der Waals surface area contributed by atoms with Crippen molar-refractivity contribution < 1.29 is 28.6 Å². The number of rotatable bonds is 46. The van der Waals surface area contributed by atoms with E-state index in [1.165, 1.54) is 128 Å². The molecule has 0 aromatic heterocycles. The lowest BCUT2D eigenvalue weighted by atomic mass is 10.1. The lowest BCUT2D eigenvalue weighted by molar-refractivity contribution is -0.167. The van der Waals surface area contributed by atoms with Gasteiger partial charge in [0.25, 0.3) is 0 Å². The average molecular weight is 853 g/mol. The number of allylic oxidation sites excluding steroid dienone is 10. The third kappa shape index (κ3) is 48.0. The van der Waals surface area contributed by atoms with Gasteiger partial charge in [-0.05, 0) is 96.3 Å². The van der Waals surface area contributed by atoms with Crippen LogP contribution in [0.3, 0.4) is 0 Å². The molecule has 1 atom stereocenters. The van der Waals surface area contributed by atoms with Crippen molar-refractivity contribution >= 4 is 17.9 Å². The van der Waals surface area contributed by atoms with Crippen molar-refractivity contribution in [2.75, 3.05) is 13.2 Å². The van der Waals surface area contributed by atoms with Crippen LogP contribution in [0.25, 0.3) is 0 Å². The van der Waals surface area contributed by atoms with Gasteiger partial charge >= 0.3 is 17.9 Å². The van der Waals surface area contributed by atoms with Crippen molar-refractivity contribution in [1.82, 2.24) is 0 Å². The number of esters is 3. The van der Waals surface area contributed by atoms with Gasteiger partial charge in [0.15, 0.2) is 6.10 Å². The van der Waals surface area contributed by atoms with Crippen LogP contribution in [0.4, 0.5) is 0 Å². The predicted octanol–water partition coefficient (Wildman–Crippen LogP) is 16.9. The first-order valence-electron chi connectivity index (χ1n) is 25.8. The summed E-state index contributed by atoms with van der Waals surface area (Å²) < 4.78 is 16.7. The maximum atomic E-state index is 12.8. The molecule has 352 valence electrons. The second-order valence-electron chi connectivity index (χ2n) is 17.1. The highest BCUT2D eigenvalue weighted by atomic mass is 16.6. The van der Waals surface area contributed by atoms with Crippen molar-refractivity contribution in [3.63, 3.8) is 0 Å². The summed E-state index contributed by atoms with van der Waals surface area (Å²) in [5.41, 5.74) is 0. The van der Waals surface area contributed by atoms with Gasteiger partial charge in [-0.2, -0.15) is 0 Å². The summed E-state index contributed by atoms with van der Waals surface area (Å²) in [6.07, 6.45) is 60.7. The van der Waals surface area contributed by atoms with Gasteiger partial charge in [0.2, 0.25) is 0 Å². The number of carbonyl (C=O) groups excluding carboxylic acids is 3. The first-order chi connectivity index (χ1) is 30.0. The number of unbranched alkanes of at least 4 members (excludes halogenated alkanes) is 25. The second kappa shape index (κ2) is 49.8. The summed E-state index contributed by atoms with van der Waals surface area (Å²) in [5.74, 6) is -0.967.